The Morgan fingerprint density at radius 3 is 1.59 bits per heavy atom. The molecule has 22 nitrogen and oxygen atoms in total. The SMILES string of the molecule is Cc1nn(-c2cccc(S(N)(=O)=O)c2)c([O-])c1N=Nc1ccc([N+](=O)[O-])cc1[O-].Cc1nn(-c2cccc(S(N)(=O)=O)c2)c([O-])c1N=Nc1ccccc1C(=O)[O-].[Cr+3].[H+]. The minimum absolute atomic E-state index is 0. The van der Waals surface area contributed by atoms with Gasteiger partial charge in [-0.15, -0.1) is 15.3 Å². The molecule has 6 aromatic rings. The molecule has 2 aromatic heterocycles. The van der Waals surface area contributed by atoms with E-state index in [0.717, 1.165) is 27.6 Å². The smallest absolute Gasteiger partial charge is 0.871 e. The summed E-state index contributed by atoms with van der Waals surface area (Å²) in [5.41, 5.74) is -0.319. The van der Waals surface area contributed by atoms with Crippen molar-refractivity contribution in [3.8, 4) is 28.9 Å². The van der Waals surface area contributed by atoms with Gasteiger partial charge in [0.1, 0.15) is 11.4 Å². The first-order valence-corrected chi connectivity index (χ1v) is 18.7. The van der Waals surface area contributed by atoms with Crippen LogP contribution >= 0.6 is 0 Å². The van der Waals surface area contributed by atoms with Crippen LogP contribution in [0.4, 0.5) is 28.4 Å². The number of sulfonamides is 2. The molecule has 0 atom stereocenters. The van der Waals surface area contributed by atoms with E-state index in [9.17, 15) is 52.2 Å². The molecule has 25 heteroatoms. The first kappa shape index (κ1) is 43.8. The Hall–Kier alpha value is -6.88. The molecule has 297 valence electrons. The fourth-order valence-corrected chi connectivity index (χ4v) is 5.91. The van der Waals surface area contributed by atoms with E-state index in [1.165, 1.54) is 80.6 Å². The molecule has 1 radical (unpaired) electrons. The van der Waals surface area contributed by atoms with Crippen molar-refractivity contribution in [2.45, 2.75) is 23.6 Å². The van der Waals surface area contributed by atoms with E-state index in [2.05, 4.69) is 30.7 Å². The van der Waals surface area contributed by atoms with E-state index in [-0.39, 0.29) is 79.7 Å². The minimum Gasteiger partial charge on any atom is -0.871 e. The molecule has 2 heterocycles. The third-order valence-corrected chi connectivity index (χ3v) is 9.37. The fraction of sp³-hybridized carbons (Fsp3) is 0.0606. The third kappa shape index (κ3) is 9.91. The molecule has 0 amide bonds. The zero-order valence-electron chi connectivity index (χ0n) is 30.6. The number of carbonyl (C=O) groups is 1. The van der Waals surface area contributed by atoms with Crippen molar-refractivity contribution in [1.29, 1.82) is 0 Å². The van der Waals surface area contributed by atoms with Gasteiger partial charge < -0.3 is 25.2 Å². The number of rotatable bonds is 10. The number of hydrogen-bond donors (Lipinski definition) is 2. The van der Waals surface area contributed by atoms with Gasteiger partial charge in [-0.2, -0.15) is 15.3 Å². The van der Waals surface area contributed by atoms with Crippen molar-refractivity contribution in [3.63, 3.8) is 0 Å². The summed E-state index contributed by atoms with van der Waals surface area (Å²) >= 11 is 0. The summed E-state index contributed by atoms with van der Waals surface area (Å²) in [4.78, 5) is 20.7. The van der Waals surface area contributed by atoms with Gasteiger partial charge in [-0.25, -0.2) is 36.5 Å². The molecule has 0 fully saturated rings. The molecule has 0 unspecified atom stereocenters. The van der Waals surface area contributed by atoms with Gasteiger partial charge in [0.25, 0.3) is 5.69 Å². The third-order valence-electron chi connectivity index (χ3n) is 7.55. The number of nitro benzene ring substituents is 1. The van der Waals surface area contributed by atoms with Crippen LogP contribution in [0.2, 0.25) is 0 Å². The Labute approximate surface area is 339 Å². The first-order valence-electron chi connectivity index (χ1n) is 15.6. The summed E-state index contributed by atoms with van der Waals surface area (Å²) < 4.78 is 47.9. The second-order valence-corrected chi connectivity index (χ2v) is 14.6. The van der Waals surface area contributed by atoms with Crippen molar-refractivity contribution < 1.29 is 65.8 Å². The van der Waals surface area contributed by atoms with Gasteiger partial charge in [-0.1, -0.05) is 36.1 Å². The van der Waals surface area contributed by atoms with Gasteiger partial charge in [-0.05, 0) is 62.4 Å². The summed E-state index contributed by atoms with van der Waals surface area (Å²) in [6.45, 7) is 2.99. The summed E-state index contributed by atoms with van der Waals surface area (Å²) in [6.07, 6.45) is 0. The zero-order chi connectivity index (χ0) is 41.8. The van der Waals surface area contributed by atoms with E-state index in [1.807, 2.05) is 0 Å². The van der Waals surface area contributed by atoms with Gasteiger partial charge in [0.2, 0.25) is 20.0 Å². The number of azo groups is 2. The number of nitrogens with two attached hydrogens (primary N) is 2. The Balaban J connectivity index is 0.000000305. The number of nitro groups is 1. The van der Waals surface area contributed by atoms with E-state index >= 15 is 0 Å². The number of benzene rings is 4. The molecule has 58 heavy (non-hydrogen) atoms. The van der Waals surface area contributed by atoms with Crippen molar-refractivity contribution in [2.24, 2.45) is 30.7 Å². The number of carboxylic acids is 1. The molecule has 6 rings (SSSR count). The fourth-order valence-electron chi connectivity index (χ4n) is 4.80. The molecule has 4 N–H and O–H groups in total. The number of non-ortho nitro benzene ring substituents is 1. The van der Waals surface area contributed by atoms with Gasteiger partial charge in [0.05, 0.1) is 54.8 Å². The molecule has 0 saturated carbocycles. The van der Waals surface area contributed by atoms with Crippen LogP contribution in [0.1, 0.15) is 23.2 Å². The molecule has 4 aromatic carbocycles. The summed E-state index contributed by atoms with van der Waals surface area (Å²) in [5, 5.41) is 92.2. The van der Waals surface area contributed by atoms with E-state index in [4.69, 9.17) is 10.3 Å². The number of aromatic nitrogens is 4. The van der Waals surface area contributed by atoms with Crippen LogP contribution in [0, 0.1) is 24.0 Å². The van der Waals surface area contributed by atoms with E-state index < -0.39 is 54.1 Å². The average molecular weight is 869 g/mol. The summed E-state index contributed by atoms with van der Waals surface area (Å²) in [7, 11) is -7.93. The average Bonchev–Trinajstić information content (AvgIpc) is 3.61. The maximum atomic E-state index is 12.6. The molecule has 0 aliphatic rings. The Morgan fingerprint density at radius 1 is 0.690 bits per heavy atom. The van der Waals surface area contributed by atoms with Crippen molar-refractivity contribution >= 4 is 54.5 Å². The second-order valence-electron chi connectivity index (χ2n) is 11.5. The molecule has 0 bridgehead atoms. The topological polar surface area (TPSA) is 358 Å². The van der Waals surface area contributed by atoms with Gasteiger partial charge in [-0.3, -0.25) is 10.1 Å². The summed E-state index contributed by atoms with van der Waals surface area (Å²) in [5.74, 6) is -3.52. The minimum atomic E-state index is -3.98. The van der Waals surface area contributed by atoms with Crippen LogP contribution in [0.3, 0.4) is 0 Å². The number of carboxylic acid groups (broad SMARTS) is 1. The zero-order valence-corrected chi connectivity index (χ0v) is 32.5. The van der Waals surface area contributed by atoms with Gasteiger partial charge in [0, 0.05) is 29.5 Å². The maximum Gasteiger partial charge on any atom is 3.00 e. The molecule has 0 aliphatic carbocycles. The quantitative estimate of drug-likeness (QED) is 0.113. The van der Waals surface area contributed by atoms with E-state index in [1.54, 1.807) is 6.07 Å². The Morgan fingerprint density at radius 2 is 1.16 bits per heavy atom. The van der Waals surface area contributed by atoms with Crippen LogP contribution in [0.5, 0.6) is 17.5 Å². The number of primary sulfonamides is 2. The predicted octanol–water partition coefficient (Wildman–Crippen LogP) is 2.09. The first-order chi connectivity index (χ1) is 26.8. The number of aromatic carboxylic acids is 1. The van der Waals surface area contributed by atoms with Crippen LogP contribution in [-0.4, -0.2) is 47.3 Å². The van der Waals surface area contributed by atoms with E-state index in [0.29, 0.717) is 0 Å². The standard InChI is InChI=1S/C17H15N5O5S.C16H14N6O6S.Cr/c1-10-15(20-19-14-8-3-2-7-13(14)17(24)25)16(23)22(21-10)11-5-4-6-12(9-11)28(18,26)27;1-9-15(19-18-13-6-5-11(22(25)26)8-14(13)23)16(24)21(20-9)10-3-2-4-12(7-10)29(17,27)28;/h2-9,23H,1H3,(H,24,25)(H2,18,26,27);2-8,23-24H,1H3,(H2,17,27,28);/q;;+3/p-3. The van der Waals surface area contributed by atoms with Crippen molar-refractivity contribution in [2.75, 3.05) is 0 Å². The molecule has 0 aliphatic heterocycles. The normalized spacial score (nSPS) is 11.6. The van der Waals surface area contributed by atoms with Crippen LogP contribution in [0.25, 0.3) is 11.4 Å². The monoisotopic (exact) mass is 868 g/mol. The van der Waals surface area contributed by atoms with Crippen molar-refractivity contribution in [1.82, 2.24) is 19.6 Å². The molecule has 0 spiro atoms. The number of carbonyl (C=O) groups excluding carboxylic acids is 1. The van der Waals surface area contributed by atoms with Crippen LogP contribution in [-0.2, 0) is 37.4 Å². The summed E-state index contributed by atoms with van der Waals surface area (Å²) in [6, 6.07) is 19.5. The molecule has 0 saturated heterocycles. The number of hydrogen-bond acceptors (Lipinski definition) is 17. The van der Waals surface area contributed by atoms with Crippen LogP contribution in [0.15, 0.2) is 121 Å². The predicted molar refractivity (Wildman–Crippen MR) is 191 cm³/mol. The number of aryl methyl sites for hydroxylation is 2. The van der Waals surface area contributed by atoms with Gasteiger partial charge >= 0.3 is 18.8 Å². The van der Waals surface area contributed by atoms with Gasteiger partial charge in [0.15, 0.2) is 0 Å². The second kappa shape index (κ2) is 17.5. The molecular weight excluding hydrogens is 843 g/mol. The number of nitrogens with zero attached hydrogens (tertiary/aromatic N) is 9. The Bertz CT molecular complexity index is 2850. The van der Waals surface area contributed by atoms with Crippen LogP contribution < -0.4 is 30.7 Å². The maximum absolute atomic E-state index is 12.6. The Kier molecular flexibility index (Phi) is 13.2. The largest absolute Gasteiger partial charge is 3.00 e. The molecular formula is C33H26CrN11O11S2. The van der Waals surface area contributed by atoms with Crippen molar-refractivity contribution in [3.05, 3.63) is 118 Å².